The Morgan fingerprint density at radius 3 is 2.88 bits per heavy atom. The van der Waals surface area contributed by atoms with Gasteiger partial charge in [0.05, 0.1) is 11.0 Å². The van der Waals surface area contributed by atoms with Gasteiger partial charge in [-0.3, -0.25) is 0 Å². The fourth-order valence-electron chi connectivity index (χ4n) is 2.76. The molecule has 17 heavy (non-hydrogen) atoms. The molecule has 1 aliphatic carbocycles. The number of aromatic nitrogens is 2. The number of anilines is 1. The highest BCUT2D eigenvalue weighted by molar-refractivity contribution is 9.10. The van der Waals surface area contributed by atoms with E-state index in [0.29, 0.717) is 5.95 Å². The van der Waals surface area contributed by atoms with Crippen molar-refractivity contribution >= 4 is 32.9 Å². The summed E-state index contributed by atoms with van der Waals surface area (Å²) in [5.41, 5.74) is 8.15. The standard InChI is InChI=1S/C13H16BrN3/c14-10-5-6-12-11(7-10)16-13(15)17(12)8-9-3-1-2-4-9/h5-7,9H,1-4,8H2,(H2,15,16). The highest BCUT2D eigenvalue weighted by Gasteiger charge is 2.18. The van der Waals surface area contributed by atoms with E-state index in [1.54, 1.807) is 0 Å². The van der Waals surface area contributed by atoms with E-state index in [1.165, 1.54) is 25.7 Å². The normalized spacial score (nSPS) is 17.0. The van der Waals surface area contributed by atoms with Crippen LogP contribution < -0.4 is 5.73 Å². The number of rotatable bonds is 2. The van der Waals surface area contributed by atoms with E-state index in [-0.39, 0.29) is 0 Å². The highest BCUT2D eigenvalue weighted by Crippen LogP contribution is 2.29. The van der Waals surface area contributed by atoms with Crippen molar-refractivity contribution in [3.05, 3.63) is 22.7 Å². The second-order valence-electron chi connectivity index (χ2n) is 4.86. The number of benzene rings is 1. The number of fused-ring (bicyclic) bond motifs is 1. The molecule has 0 spiro atoms. The van der Waals surface area contributed by atoms with E-state index in [0.717, 1.165) is 28.0 Å². The summed E-state index contributed by atoms with van der Waals surface area (Å²) >= 11 is 3.46. The first-order chi connectivity index (χ1) is 8.24. The van der Waals surface area contributed by atoms with Gasteiger partial charge in [0.2, 0.25) is 5.95 Å². The zero-order chi connectivity index (χ0) is 11.8. The molecular weight excluding hydrogens is 278 g/mol. The molecule has 0 aliphatic heterocycles. The Morgan fingerprint density at radius 1 is 1.35 bits per heavy atom. The van der Waals surface area contributed by atoms with Crippen molar-refractivity contribution < 1.29 is 0 Å². The maximum atomic E-state index is 6.02. The smallest absolute Gasteiger partial charge is 0.201 e. The first-order valence-electron chi connectivity index (χ1n) is 6.15. The third-order valence-corrected chi connectivity index (χ3v) is 4.15. The predicted octanol–water partition coefficient (Wildman–Crippen LogP) is 3.57. The summed E-state index contributed by atoms with van der Waals surface area (Å²) in [6.45, 7) is 1.02. The van der Waals surface area contributed by atoms with Crippen LogP contribution in [-0.2, 0) is 6.54 Å². The fourth-order valence-corrected chi connectivity index (χ4v) is 3.11. The minimum atomic E-state index is 0.644. The number of hydrogen-bond acceptors (Lipinski definition) is 2. The molecule has 3 nitrogen and oxygen atoms in total. The average molecular weight is 294 g/mol. The Balaban J connectivity index is 1.99. The van der Waals surface area contributed by atoms with Gasteiger partial charge in [0, 0.05) is 11.0 Å². The summed E-state index contributed by atoms with van der Waals surface area (Å²) < 4.78 is 3.22. The summed E-state index contributed by atoms with van der Waals surface area (Å²) in [6.07, 6.45) is 5.39. The Kier molecular flexibility index (Phi) is 2.82. The summed E-state index contributed by atoms with van der Waals surface area (Å²) in [5, 5.41) is 0. The van der Waals surface area contributed by atoms with Gasteiger partial charge in [-0.15, -0.1) is 0 Å². The monoisotopic (exact) mass is 293 g/mol. The maximum Gasteiger partial charge on any atom is 0.201 e. The first-order valence-corrected chi connectivity index (χ1v) is 6.94. The van der Waals surface area contributed by atoms with Crippen LogP contribution in [0.2, 0.25) is 0 Å². The van der Waals surface area contributed by atoms with Gasteiger partial charge < -0.3 is 10.3 Å². The van der Waals surface area contributed by atoms with Crippen LogP contribution in [0.5, 0.6) is 0 Å². The van der Waals surface area contributed by atoms with E-state index >= 15 is 0 Å². The summed E-state index contributed by atoms with van der Waals surface area (Å²) in [7, 11) is 0. The van der Waals surface area contributed by atoms with Crippen LogP contribution in [0.1, 0.15) is 25.7 Å². The number of hydrogen-bond donors (Lipinski definition) is 1. The lowest BCUT2D eigenvalue weighted by Crippen LogP contribution is -2.10. The Hall–Kier alpha value is -1.03. The number of nitrogen functional groups attached to an aromatic ring is 1. The van der Waals surface area contributed by atoms with E-state index < -0.39 is 0 Å². The summed E-state index contributed by atoms with van der Waals surface area (Å²) in [5.74, 6) is 1.42. The first kappa shape index (κ1) is 11.1. The topological polar surface area (TPSA) is 43.8 Å². The lowest BCUT2D eigenvalue weighted by atomic mass is 10.1. The number of nitrogens with two attached hydrogens (primary N) is 1. The van der Waals surface area contributed by atoms with Gasteiger partial charge in [0.15, 0.2) is 0 Å². The van der Waals surface area contributed by atoms with Crippen molar-refractivity contribution in [3.63, 3.8) is 0 Å². The van der Waals surface area contributed by atoms with Crippen LogP contribution in [0.15, 0.2) is 22.7 Å². The number of halogens is 1. The molecule has 1 aromatic carbocycles. The van der Waals surface area contributed by atoms with Gasteiger partial charge in [0.25, 0.3) is 0 Å². The van der Waals surface area contributed by atoms with Gasteiger partial charge in [-0.25, -0.2) is 4.98 Å². The van der Waals surface area contributed by atoms with Gasteiger partial charge in [0.1, 0.15) is 0 Å². The fraction of sp³-hybridized carbons (Fsp3) is 0.462. The second kappa shape index (κ2) is 4.33. The lowest BCUT2D eigenvalue weighted by Gasteiger charge is -2.12. The lowest BCUT2D eigenvalue weighted by molar-refractivity contribution is 0.468. The molecule has 1 saturated carbocycles. The third kappa shape index (κ3) is 2.06. The van der Waals surface area contributed by atoms with Crippen molar-refractivity contribution in [2.75, 3.05) is 5.73 Å². The van der Waals surface area contributed by atoms with Crippen molar-refractivity contribution in [1.82, 2.24) is 9.55 Å². The van der Waals surface area contributed by atoms with Gasteiger partial charge in [-0.2, -0.15) is 0 Å². The molecule has 4 heteroatoms. The molecule has 1 fully saturated rings. The molecule has 1 aliphatic rings. The van der Waals surface area contributed by atoms with Gasteiger partial charge >= 0.3 is 0 Å². The number of imidazole rings is 1. The predicted molar refractivity (Wildman–Crippen MR) is 73.8 cm³/mol. The molecule has 1 heterocycles. The van der Waals surface area contributed by atoms with E-state index in [1.807, 2.05) is 6.07 Å². The van der Waals surface area contributed by atoms with E-state index in [9.17, 15) is 0 Å². The molecule has 0 atom stereocenters. The Labute approximate surface area is 109 Å². The van der Waals surface area contributed by atoms with Crippen LogP contribution in [0, 0.1) is 5.92 Å². The van der Waals surface area contributed by atoms with Crippen LogP contribution in [0.25, 0.3) is 11.0 Å². The molecule has 0 radical (unpaired) electrons. The van der Waals surface area contributed by atoms with Crippen molar-refractivity contribution in [2.45, 2.75) is 32.2 Å². The largest absolute Gasteiger partial charge is 0.369 e. The van der Waals surface area contributed by atoms with Crippen LogP contribution in [-0.4, -0.2) is 9.55 Å². The average Bonchev–Trinajstić information content (AvgIpc) is 2.88. The summed E-state index contributed by atoms with van der Waals surface area (Å²) in [6, 6.07) is 6.17. The Bertz CT molecular complexity index is 541. The molecular formula is C13H16BrN3. The second-order valence-corrected chi connectivity index (χ2v) is 5.78. The maximum absolute atomic E-state index is 6.02. The molecule has 2 aromatic rings. The van der Waals surface area contributed by atoms with Gasteiger partial charge in [-0.1, -0.05) is 28.8 Å². The van der Waals surface area contributed by atoms with Crippen molar-refractivity contribution in [3.8, 4) is 0 Å². The molecule has 0 unspecified atom stereocenters. The molecule has 0 amide bonds. The Morgan fingerprint density at radius 2 is 2.12 bits per heavy atom. The van der Waals surface area contributed by atoms with E-state index in [4.69, 9.17) is 5.73 Å². The third-order valence-electron chi connectivity index (χ3n) is 3.66. The van der Waals surface area contributed by atoms with Gasteiger partial charge in [-0.05, 0) is 37.0 Å². The van der Waals surface area contributed by atoms with Crippen molar-refractivity contribution in [2.24, 2.45) is 5.92 Å². The molecule has 0 bridgehead atoms. The molecule has 90 valence electrons. The molecule has 0 saturated heterocycles. The molecule has 3 rings (SSSR count). The molecule has 2 N–H and O–H groups in total. The van der Waals surface area contributed by atoms with E-state index in [2.05, 4.69) is 37.6 Å². The zero-order valence-corrected chi connectivity index (χ0v) is 11.3. The number of nitrogens with zero attached hydrogens (tertiary/aromatic N) is 2. The quantitative estimate of drug-likeness (QED) is 0.920. The summed E-state index contributed by atoms with van der Waals surface area (Å²) in [4.78, 5) is 4.43. The minimum absolute atomic E-state index is 0.644. The SMILES string of the molecule is Nc1nc2cc(Br)ccc2n1CC1CCCC1. The van der Waals surface area contributed by atoms with Crippen LogP contribution >= 0.6 is 15.9 Å². The zero-order valence-electron chi connectivity index (χ0n) is 9.69. The highest BCUT2D eigenvalue weighted by atomic mass is 79.9. The van der Waals surface area contributed by atoms with Crippen LogP contribution in [0.3, 0.4) is 0 Å². The van der Waals surface area contributed by atoms with Crippen LogP contribution in [0.4, 0.5) is 5.95 Å². The minimum Gasteiger partial charge on any atom is -0.369 e. The molecule has 1 aromatic heterocycles. The van der Waals surface area contributed by atoms with Crippen molar-refractivity contribution in [1.29, 1.82) is 0 Å².